The van der Waals surface area contributed by atoms with E-state index in [4.69, 9.17) is 0 Å². The highest BCUT2D eigenvalue weighted by atomic mass is 14.6. The highest BCUT2D eigenvalue weighted by Crippen LogP contribution is 2.00. The number of aliphatic imine (C=N–C) groups is 1. The van der Waals surface area contributed by atoms with Gasteiger partial charge in [-0.05, 0) is 25.3 Å². The molecule has 0 N–H and O–H groups in total. The van der Waals surface area contributed by atoms with Crippen molar-refractivity contribution in [2.45, 2.75) is 47.5 Å². The van der Waals surface area contributed by atoms with Gasteiger partial charge >= 0.3 is 0 Å². The molecule has 0 aliphatic heterocycles. The van der Waals surface area contributed by atoms with Crippen molar-refractivity contribution in [2.75, 3.05) is 7.05 Å². The van der Waals surface area contributed by atoms with Crippen LogP contribution in [0.4, 0.5) is 0 Å². The Kier molecular flexibility index (Phi) is 13.1. The van der Waals surface area contributed by atoms with Crippen molar-refractivity contribution in [2.24, 2.45) is 10.9 Å². The van der Waals surface area contributed by atoms with E-state index in [9.17, 15) is 0 Å². The van der Waals surface area contributed by atoms with Crippen LogP contribution in [0.25, 0.3) is 0 Å². The van der Waals surface area contributed by atoms with Crippen LogP contribution in [0.15, 0.2) is 16.6 Å². The number of nitrogens with zero attached hydrogens (tertiary/aromatic N) is 1. The summed E-state index contributed by atoms with van der Waals surface area (Å²) in [4.78, 5) is 3.81. The zero-order chi connectivity index (χ0) is 10.7. The summed E-state index contributed by atoms with van der Waals surface area (Å²) in [5.74, 6) is 0.898. The Labute approximate surface area is 84.0 Å². The average Bonchev–Trinajstić information content (AvgIpc) is 2.05. The van der Waals surface area contributed by atoms with Crippen molar-refractivity contribution >= 4 is 6.21 Å². The summed E-state index contributed by atoms with van der Waals surface area (Å²) in [6, 6.07) is 0. The third kappa shape index (κ3) is 18.4. The third-order valence-corrected chi connectivity index (χ3v) is 1.65. The predicted molar refractivity (Wildman–Crippen MR) is 63.6 cm³/mol. The van der Waals surface area contributed by atoms with E-state index in [-0.39, 0.29) is 0 Å². The third-order valence-electron chi connectivity index (χ3n) is 1.65. The highest BCUT2D eigenvalue weighted by molar-refractivity contribution is 5.77. The topological polar surface area (TPSA) is 12.4 Å². The predicted octanol–water partition coefficient (Wildman–Crippen LogP) is 4.10. The van der Waals surface area contributed by atoms with E-state index in [1.54, 1.807) is 7.05 Å². The highest BCUT2D eigenvalue weighted by Gasteiger charge is 1.85. The Morgan fingerprint density at radius 1 is 1.38 bits per heavy atom. The number of allylic oxidation sites excluding steroid dienone is 2. The summed E-state index contributed by atoms with van der Waals surface area (Å²) >= 11 is 0. The lowest BCUT2D eigenvalue weighted by Crippen LogP contribution is -1.81. The van der Waals surface area contributed by atoms with Crippen LogP contribution in [0.3, 0.4) is 0 Å². The number of rotatable bonds is 3. The molecule has 1 heteroatoms. The first-order valence-electron chi connectivity index (χ1n) is 5.13. The number of hydrogen-bond acceptors (Lipinski definition) is 1. The maximum Gasteiger partial charge on any atom is 0.0277 e. The van der Waals surface area contributed by atoms with E-state index in [1.807, 2.05) is 26.1 Å². The van der Waals surface area contributed by atoms with Crippen LogP contribution in [-0.4, -0.2) is 13.3 Å². The molecule has 0 aliphatic carbocycles. The van der Waals surface area contributed by atoms with Crippen molar-refractivity contribution in [1.29, 1.82) is 0 Å². The molecule has 0 aromatic carbocycles. The fourth-order valence-corrected chi connectivity index (χ4v) is 0.856. The second-order valence-electron chi connectivity index (χ2n) is 3.60. The zero-order valence-corrected chi connectivity index (χ0v) is 10.1. The van der Waals surface area contributed by atoms with Gasteiger partial charge in [-0.25, -0.2) is 0 Å². The SMILES string of the molecule is C/C=C(/C)C=NC.CCCC(C)C. The molecule has 1 nitrogen and oxygen atoms in total. The summed E-state index contributed by atoms with van der Waals surface area (Å²) in [5.41, 5.74) is 1.21. The van der Waals surface area contributed by atoms with Gasteiger partial charge in [0.25, 0.3) is 0 Å². The van der Waals surface area contributed by atoms with Gasteiger partial charge in [0.2, 0.25) is 0 Å². The van der Waals surface area contributed by atoms with E-state index in [0.29, 0.717) is 0 Å². The molecule has 0 heterocycles. The normalized spacial score (nSPS) is 11.8. The second-order valence-corrected chi connectivity index (χ2v) is 3.60. The zero-order valence-electron chi connectivity index (χ0n) is 10.1. The molecule has 0 saturated carbocycles. The van der Waals surface area contributed by atoms with Gasteiger partial charge in [-0.3, -0.25) is 4.99 Å². The van der Waals surface area contributed by atoms with Gasteiger partial charge in [-0.15, -0.1) is 0 Å². The van der Waals surface area contributed by atoms with Crippen LogP contribution in [-0.2, 0) is 0 Å². The van der Waals surface area contributed by atoms with Crippen LogP contribution in [0.2, 0.25) is 0 Å². The Bertz CT molecular complexity index is 143. The maximum atomic E-state index is 3.81. The van der Waals surface area contributed by atoms with Crippen LogP contribution < -0.4 is 0 Å². The summed E-state index contributed by atoms with van der Waals surface area (Å²) in [5, 5.41) is 0. The standard InChI is InChI=1S/C6H11N.C6H14/c1-4-6(2)5-7-3;1-4-5-6(2)3/h4-5H,1-3H3;6H,4-5H2,1-3H3/b6-4-,7-5?;. The molecule has 0 aliphatic rings. The second kappa shape index (κ2) is 11.4. The maximum absolute atomic E-state index is 3.81. The van der Waals surface area contributed by atoms with Gasteiger partial charge < -0.3 is 0 Å². The van der Waals surface area contributed by atoms with E-state index < -0.39 is 0 Å². The first kappa shape index (κ1) is 14.9. The Balaban J connectivity index is 0. The average molecular weight is 183 g/mol. The fourth-order valence-electron chi connectivity index (χ4n) is 0.856. The molecule has 0 radical (unpaired) electrons. The van der Waals surface area contributed by atoms with E-state index in [0.717, 1.165) is 5.92 Å². The number of hydrogen-bond donors (Lipinski definition) is 0. The molecule has 0 atom stereocenters. The molecular formula is C12H25N. The molecule has 0 spiro atoms. The van der Waals surface area contributed by atoms with E-state index >= 15 is 0 Å². The van der Waals surface area contributed by atoms with Crippen molar-refractivity contribution in [3.05, 3.63) is 11.6 Å². The summed E-state index contributed by atoms with van der Waals surface area (Å²) < 4.78 is 0. The van der Waals surface area contributed by atoms with E-state index in [2.05, 4.69) is 25.8 Å². The summed E-state index contributed by atoms with van der Waals surface area (Å²) in [7, 11) is 1.77. The molecular weight excluding hydrogens is 158 g/mol. The van der Waals surface area contributed by atoms with Crippen LogP contribution in [0.5, 0.6) is 0 Å². The fraction of sp³-hybridized carbons (Fsp3) is 0.750. The van der Waals surface area contributed by atoms with Crippen LogP contribution in [0, 0.1) is 5.92 Å². The van der Waals surface area contributed by atoms with Gasteiger partial charge in [0, 0.05) is 13.3 Å². The van der Waals surface area contributed by atoms with Crippen molar-refractivity contribution in [1.82, 2.24) is 0 Å². The van der Waals surface area contributed by atoms with Crippen molar-refractivity contribution < 1.29 is 0 Å². The molecule has 0 rings (SSSR count). The largest absolute Gasteiger partial charge is 0.296 e. The first-order valence-corrected chi connectivity index (χ1v) is 5.13. The Morgan fingerprint density at radius 2 is 1.92 bits per heavy atom. The Hall–Kier alpha value is -0.590. The molecule has 0 aromatic heterocycles. The lowest BCUT2D eigenvalue weighted by Gasteiger charge is -1.95. The smallest absolute Gasteiger partial charge is 0.0277 e. The minimum absolute atomic E-state index is 0.898. The lowest BCUT2D eigenvalue weighted by atomic mass is 10.1. The minimum Gasteiger partial charge on any atom is -0.296 e. The Morgan fingerprint density at radius 3 is 2.00 bits per heavy atom. The van der Waals surface area contributed by atoms with Crippen LogP contribution >= 0.6 is 0 Å². The van der Waals surface area contributed by atoms with Crippen molar-refractivity contribution in [3.63, 3.8) is 0 Å². The summed E-state index contributed by atoms with van der Waals surface area (Å²) in [6.45, 7) is 10.7. The molecule has 13 heavy (non-hydrogen) atoms. The van der Waals surface area contributed by atoms with Gasteiger partial charge in [-0.2, -0.15) is 0 Å². The van der Waals surface area contributed by atoms with Gasteiger partial charge in [0.1, 0.15) is 0 Å². The molecule has 0 fully saturated rings. The summed E-state index contributed by atoms with van der Waals surface area (Å²) in [6.07, 6.45) is 6.56. The molecule has 0 unspecified atom stereocenters. The van der Waals surface area contributed by atoms with E-state index in [1.165, 1.54) is 18.4 Å². The molecule has 0 amide bonds. The van der Waals surface area contributed by atoms with Crippen LogP contribution in [0.1, 0.15) is 47.5 Å². The quantitative estimate of drug-likeness (QED) is 0.584. The molecule has 0 aromatic rings. The van der Waals surface area contributed by atoms with Crippen molar-refractivity contribution in [3.8, 4) is 0 Å². The first-order chi connectivity index (χ1) is 6.08. The van der Waals surface area contributed by atoms with Gasteiger partial charge in [0.15, 0.2) is 0 Å². The molecule has 0 saturated heterocycles. The minimum atomic E-state index is 0.898. The lowest BCUT2D eigenvalue weighted by molar-refractivity contribution is 0.576. The molecule has 78 valence electrons. The molecule has 0 bridgehead atoms. The monoisotopic (exact) mass is 183 g/mol. The van der Waals surface area contributed by atoms with Gasteiger partial charge in [-0.1, -0.05) is 39.7 Å². The van der Waals surface area contributed by atoms with Gasteiger partial charge in [0.05, 0.1) is 0 Å².